The highest BCUT2D eigenvalue weighted by molar-refractivity contribution is 6.22. The van der Waals surface area contributed by atoms with Gasteiger partial charge in [-0.25, -0.2) is 0 Å². The summed E-state index contributed by atoms with van der Waals surface area (Å²) in [5.74, 6) is -0.648. The smallest absolute Gasteiger partial charge is 0.262 e. The molecule has 2 N–H and O–H groups in total. The Labute approximate surface area is 128 Å². The van der Waals surface area contributed by atoms with Crippen LogP contribution in [0.25, 0.3) is 0 Å². The van der Waals surface area contributed by atoms with E-state index in [-0.39, 0.29) is 24.9 Å². The third kappa shape index (κ3) is 2.91. The molecule has 3 rings (SSSR count). The average molecular weight is 310 g/mol. The van der Waals surface area contributed by atoms with E-state index in [2.05, 4.69) is 10.6 Å². The minimum Gasteiger partial charge on any atom is -0.354 e. The zero-order chi connectivity index (χ0) is 14.1. The number of imide groups is 1. The van der Waals surface area contributed by atoms with E-state index < -0.39 is 11.8 Å². The number of halogens is 1. The van der Waals surface area contributed by atoms with Gasteiger partial charge in [-0.15, -0.1) is 12.4 Å². The molecular weight excluding hydrogens is 294 g/mol. The lowest BCUT2D eigenvalue weighted by Crippen LogP contribution is -2.49. The molecule has 21 heavy (non-hydrogen) atoms. The Kier molecular flexibility index (Phi) is 4.59. The molecule has 0 spiro atoms. The molecule has 1 aromatic rings. The molecule has 0 aliphatic carbocycles. The number of nitrogens with zero attached hydrogens (tertiary/aromatic N) is 1. The Balaban J connectivity index is 0.00000161. The normalized spacial score (nSPS) is 17.0. The average Bonchev–Trinajstić information content (AvgIpc) is 2.63. The zero-order valence-electron chi connectivity index (χ0n) is 11.3. The van der Waals surface area contributed by atoms with Crippen LogP contribution in [0.5, 0.6) is 0 Å². The molecule has 0 unspecified atom stereocenters. The van der Waals surface area contributed by atoms with E-state index in [0.29, 0.717) is 23.6 Å². The summed E-state index contributed by atoms with van der Waals surface area (Å²) in [6, 6.07) is 6.62. The fraction of sp³-hybridized carbons (Fsp3) is 0.357. The Hall–Kier alpha value is -1.92. The molecule has 1 fully saturated rings. The van der Waals surface area contributed by atoms with Gasteiger partial charge in [0.05, 0.1) is 11.1 Å². The van der Waals surface area contributed by atoms with Crippen LogP contribution in [-0.4, -0.2) is 48.8 Å². The van der Waals surface area contributed by atoms with E-state index in [4.69, 9.17) is 0 Å². The number of hydrogen-bond acceptors (Lipinski definition) is 4. The predicted molar refractivity (Wildman–Crippen MR) is 78.4 cm³/mol. The first-order valence-electron chi connectivity index (χ1n) is 6.59. The van der Waals surface area contributed by atoms with Gasteiger partial charge in [0.2, 0.25) is 5.91 Å². The maximum atomic E-state index is 12.1. The van der Waals surface area contributed by atoms with Gasteiger partial charge in [-0.05, 0) is 12.1 Å². The molecule has 0 atom stereocenters. The summed E-state index contributed by atoms with van der Waals surface area (Å²) in [5.41, 5.74) is 0.738. The van der Waals surface area contributed by atoms with Crippen molar-refractivity contribution < 1.29 is 14.4 Å². The van der Waals surface area contributed by atoms with Crippen molar-refractivity contribution in [3.63, 3.8) is 0 Å². The van der Waals surface area contributed by atoms with Crippen molar-refractivity contribution in [2.75, 3.05) is 26.2 Å². The van der Waals surface area contributed by atoms with Crippen LogP contribution >= 0.6 is 12.4 Å². The first-order valence-corrected chi connectivity index (χ1v) is 6.59. The molecule has 0 aromatic heterocycles. The SMILES string of the molecule is Cl.O=C(CN1C(=O)c2ccccc2C1=O)NCC1CNC1. The second-order valence-corrected chi connectivity index (χ2v) is 5.07. The highest BCUT2D eigenvalue weighted by Gasteiger charge is 2.36. The van der Waals surface area contributed by atoms with Crippen molar-refractivity contribution in [1.29, 1.82) is 0 Å². The number of rotatable bonds is 4. The number of benzene rings is 1. The fourth-order valence-electron chi connectivity index (χ4n) is 2.33. The lowest BCUT2D eigenvalue weighted by molar-refractivity contribution is -0.121. The molecule has 0 bridgehead atoms. The van der Waals surface area contributed by atoms with Gasteiger partial charge < -0.3 is 10.6 Å². The van der Waals surface area contributed by atoms with Gasteiger partial charge in [0.1, 0.15) is 6.54 Å². The number of amides is 3. The van der Waals surface area contributed by atoms with E-state index in [1.807, 2.05) is 0 Å². The van der Waals surface area contributed by atoms with Gasteiger partial charge in [-0.1, -0.05) is 12.1 Å². The molecule has 112 valence electrons. The van der Waals surface area contributed by atoms with E-state index >= 15 is 0 Å². The first kappa shape index (κ1) is 15.5. The molecule has 2 aliphatic heterocycles. The zero-order valence-corrected chi connectivity index (χ0v) is 12.1. The van der Waals surface area contributed by atoms with E-state index in [1.165, 1.54) is 0 Å². The standard InChI is InChI=1S/C14H15N3O3.ClH/c18-12(16-7-9-5-15-6-9)8-17-13(19)10-3-1-2-4-11(10)14(17)20;/h1-4,9,15H,5-8H2,(H,16,18);1H. The number of carbonyl (C=O) groups is 3. The molecular formula is C14H16ClN3O3. The van der Waals surface area contributed by atoms with Gasteiger partial charge in [-0.3, -0.25) is 19.3 Å². The largest absolute Gasteiger partial charge is 0.354 e. The van der Waals surface area contributed by atoms with Crippen molar-refractivity contribution in [2.24, 2.45) is 5.92 Å². The summed E-state index contributed by atoms with van der Waals surface area (Å²) >= 11 is 0. The molecule has 0 saturated carbocycles. The molecule has 6 nitrogen and oxygen atoms in total. The molecule has 2 aliphatic rings. The summed E-state index contributed by atoms with van der Waals surface area (Å²) in [6.07, 6.45) is 0. The van der Waals surface area contributed by atoms with Crippen LogP contribution in [0.15, 0.2) is 24.3 Å². The molecule has 2 heterocycles. The number of hydrogen-bond donors (Lipinski definition) is 2. The van der Waals surface area contributed by atoms with Crippen molar-refractivity contribution in [1.82, 2.24) is 15.5 Å². The van der Waals surface area contributed by atoms with E-state index in [1.54, 1.807) is 24.3 Å². The second-order valence-electron chi connectivity index (χ2n) is 5.07. The highest BCUT2D eigenvalue weighted by Crippen LogP contribution is 2.21. The number of nitrogens with one attached hydrogen (secondary N) is 2. The topological polar surface area (TPSA) is 78.5 Å². The Morgan fingerprint density at radius 3 is 2.24 bits per heavy atom. The third-order valence-corrected chi connectivity index (χ3v) is 3.63. The van der Waals surface area contributed by atoms with Crippen LogP contribution in [0.1, 0.15) is 20.7 Å². The fourth-order valence-corrected chi connectivity index (χ4v) is 2.33. The molecule has 1 saturated heterocycles. The Morgan fingerprint density at radius 2 is 1.76 bits per heavy atom. The van der Waals surface area contributed by atoms with Crippen LogP contribution in [0.3, 0.4) is 0 Å². The second kappa shape index (κ2) is 6.24. The molecule has 0 radical (unpaired) electrons. The van der Waals surface area contributed by atoms with Gasteiger partial charge in [0.15, 0.2) is 0 Å². The third-order valence-electron chi connectivity index (χ3n) is 3.63. The summed E-state index contributed by atoms with van der Waals surface area (Å²) in [4.78, 5) is 36.9. The molecule has 3 amide bonds. The maximum Gasteiger partial charge on any atom is 0.262 e. The van der Waals surface area contributed by atoms with Gasteiger partial charge >= 0.3 is 0 Å². The minimum atomic E-state index is -0.397. The summed E-state index contributed by atoms with van der Waals surface area (Å²) in [5, 5.41) is 5.87. The van der Waals surface area contributed by atoms with Crippen molar-refractivity contribution in [2.45, 2.75) is 0 Å². The van der Waals surface area contributed by atoms with Crippen LogP contribution < -0.4 is 10.6 Å². The first-order chi connectivity index (χ1) is 9.66. The number of carbonyl (C=O) groups excluding carboxylic acids is 3. The van der Waals surface area contributed by atoms with E-state index in [0.717, 1.165) is 18.0 Å². The van der Waals surface area contributed by atoms with E-state index in [9.17, 15) is 14.4 Å². The van der Waals surface area contributed by atoms with Crippen LogP contribution in [0.2, 0.25) is 0 Å². The molecule has 1 aromatic carbocycles. The van der Waals surface area contributed by atoms with Crippen molar-refractivity contribution >= 4 is 30.1 Å². The lowest BCUT2D eigenvalue weighted by Gasteiger charge is -2.27. The summed E-state index contributed by atoms with van der Waals surface area (Å²) in [6.45, 7) is 2.15. The number of fused-ring (bicyclic) bond motifs is 1. The van der Waals surface area contributed by atoms with Crippen LogP contribution in [0, 0.1) is 5.92 Å². The Morgan fingerprint density at radius 1 is 1.19 bits per heavy atom. The monoisotopic (exact) mass is 309 g/mol. The van der Waals surface area contributed by atoms with Crippen LogP contribution in [-0.2, 0) is 4.79 Å². The van der Waals surface area contributed by atoms with Crippen molar-refractivity contribution in [3.8, 4) is 0 Å². The lowest BCUT2D eigenvalue weighted by atomic mass is 10.0. The van der Waals surface area contributed by atoms with Gasteiger partial charge in [-0.2, -0.15) is 0 Å². The summed E-state index contributed by atoms with van der Waals surface area (Å²) in [7, 11) is 0. The quantitative estimate of drug-likeness (QED) is 0.770. The highest BCUT2D eigenvalue weighted by atomic mass is 35.5. The van der Waals surface area contributed by atoms with Gasteiger partial charge in [0, 0.05) is 25.6 Å². The van der Waals surface area contributed by atoms with Crippen molar-refractivity contribution in [3.05, 3.63) is 35.4 Å². The Bertz CT molecular complexity index is 552. The van der Waals surface area contributed by atoms with Crippen LogP contribution in [0.4, 0.5) is 0 Å². The summed E-state index contributed by atoms with van der Waals surface area (Å²) < 4.78 is 0. The maximum absolute atomic E-state index is 12.1. The van der Waals surface area contributed by atoms with Gasteiger partial charge in [0.25, 0.3) is 11.8 Å². The predicted octanol–water partition coefficient (Wildman–Crippen LogP) is 0.0400. The molecule has 7 heteroatoms. The minimum absolute atomic E-state index is 0.